The molecule has 0 aromatic heterocycles. The lowest BCUT2D eigenvalue weighted by Crippen LogP contribution is -2.13. The third-order valence-corrected chi connectivity index (χ3v) is 2.82. The summed E-state index contributed by atoms with van der Waals surface area (Å²) in [4.78, 5) is 0. The largest absolute Gasteiger partial charge is 0.433 e. The number of anilines is 1. The number of nitrogens with one attached hydrogen (secondary N) is 1. The molecular weight excluding hydrogens is 283 g/mol. The molecule has 2 aromatic rings. The Morgan fingerprint density at radius 3 is 2.57 bits per heavy atom. The molecule has 2 aromatic carbocycles. The monoisotopic (exact) mass is 297 g/mol. The second-order valence-electron chi connectivity index (χ2n) is 4.33. The number of hydrogen-bond acceptors (Lipinski definition) is 3. The number of rotatable bonds is 6. The van der Waals surface area contributed by atoms with Gasteiger partial charge >= 0.3 is 6.61 Å². The van der Waals surface area contributed by atoms with Gasteiger partial charge in [0.1, 0.15) is 11.6 Å². The van der Waals surface area contributed by atoms with Crippen molar-refractivity contribution < 1.29 is 23.0 Å². The van der Waals surface area contributed by atoms with Crippen molar-refractivity contribution >= 4 is 5.69 Å². The van der Waals surface area contributed by atoms with Gasteiger partial charge in [-0.25, -0.2) is 4.39 Å². The van der Waals surface area contributed by atoms with E-state index in [2.05, 4.69) is 10.1 Å². The molecule has 2 rings (SSSR count). The summed E-state index contributed by atoms with van der Waals surface area (Å²) < 4.78 is 42.0. The van der Waals surface area contributed by atoms with Crippen molar-refractivity contribution in [2.75, 3.05) is 11.9 Å². The Morgan fingerprint density at radius 2 is 1.86 bits per heavy atom. The van der Waals surface area contributed by atoms with Crippen LogP contribution < -0.4 is 10.1 Å². The molecule has 3 nitrogen and oxygen atoms in total. The third-order valence-electron chi connectivity index (χ3n) is 2.82. The molecule has 0 aliphatic rings. The fourth-order valence-electron chi connectivity index (χ4n) is 1.85. The van der Waals surface area contributed by atoms with Gasteiger partial charge in [0.2, 0.25) is 0 Å². The first kappa shape index (κ1) is 15.2. The highest BCUT2D eigenvalue weighted by Gasteiger charge is 2.12. The van der Waals surface area contributed by atoms with E-state index in [0.29, 0.717) is 11.3 Å². The standard InChI is InChI=1S/C15H14F3NO2/c16-11-5-3-4-10(8-11)13(20)9-19-12-6-1-2-7-14(12)21-15(17)18/h1-8,13,15,19-20H,9H2. The lowest BCUT2D eigenvalue weighted by molar-refractivity contribution is -0.0493. The number of ether oxygens (including phenoxy) is 1. The fourth-order valence-corrected chi connectivity index (χ4v) is 1.85. The maximum absolute atomic E-state index is 13.1. The molecule has 0 saturated carbocycles. The van der Waals surface area contributed by atoms with Gasteiger partial charge in [-0.1, -0.05) is 24.3 Å². The van der Waals surface area contributed by atoms with Crippen LogP contribution in [0.15, 0.2) is 48.5 Å². The predicted molar refractivity (Wildman–Crippen MR) is 72.9 cm³/mol. The van der Waals surface area contributed by atoms with Crippen LogP contribution in [0.3, 0.4) is 0 Å². The van der Waals surface area contributed by atoms with E-state index < -0.39 is 18.5 Å². The van der Waals surface area contributed by atoms with Gasteiger partial charge in [-0.15, -0.1) is 0 Å². The zero-order valence-electron chi connectivity index (χ0n) is 11.0. The quantitative estimate of drug-likeness (QED) is 0.856. The number of halogens is 3. The summed E-state index contributed by atoms with van der Waals surface area (Å²) in [5.74, 6) is -0.466. The summed E-state index contributed by atoms with van der Waals surface area (Å²) in [6, 6.07) is 11.7. The molecule has 21 heavy (non-hydrogen) atoms. The summed E-state index contributed by atoms with van der Waals surface area (Å²) in [6.07, 6.45) is -0.972. The molecule has 0 radical (unpaired) electrons. The summed E-state index contributed by atoms with van der Waals surface area (Å²) in [5.41, 5.74) is 0.725. The fraction of sp³-hybridized carbons (Fsp3) is 0.200. The first-order valence-corrected chi connectivity index (χ1v) is 6.27. The molecule has 0 spiro atoms. The van der Waals surface area contributed by atoms with E-state index in [4.69, 9.17) is 0 Å². The molecule has 0 heterocycles. The van der Waals surface area contributed by atoms with Gasteiger partial charge in [0.25, 0.3) is 0 Å². The van der Waals surface area contributed by atoms with Gasteiger partial charge in [-0.05, 0) is 29.8 Å². The van der Waals surface area contributed by atoms with Crippen molar-refractivity contribution in [3.05, 3.63) is 59.9 Å². The Labute approximate surface area is 120 Å². The van der Waals surface area contributed by atoms with Crippen molar-refractivity contribution in [2.45, 2.75) is 12.7 Å². The molecular formula is C15H14F3NO2. The molecule has 1 unspecified atom stereocenters. The number of hydrogen-bond donors (Lipinski definition) is 2. The molecule has 112 valence electrons. The van der Waals surface area contributed by atoms with Gasteiger partial charge in [0, 0.05) is 6.54 Å². The zero-order valence-corrected chi connectivity index (χ0v) is 11.0. The van der Waals surface area contributed by atoms with Crippen LogP contribution in [-0.4, -0.2) is 18.3 Å². The Balaban J connectivity index is 2.02. The van der Waals surface area contributed by atoms with E-state index in [1.165, 1.54) is 24.3 Å². The Bertz CT molecular complexity index is 593. The number of alkyl halides is 2. The minimum Gasteiger partial charge on any atom is -0.433 e. The highest BCUT2D eigenvalue weighted by atomic mass is 19.3. The molecule has 0 amide bonds. The topological polar surface area (TPSA) is 41.5 Å². The average Bonchev–Trinajstić information content (AvgIpc) is 2.45. The Morgan fingerprint density at radius 1 is 1.10 bits per heavy atom. The van der Waals surface area contributed by atoms with Crippen molar-refractivity contribution in [2.24, 2.45) is 0 Å². The van der Waals surface area contributed by atoms with E-state index >= 15 is 0 Å². The van der Waals surface area contributed by atoms with Gasteiger partial charge < -0.3 is 15.2 Å². The van der Waals surface area contributed by atoms with Crippen LogP contribution >= 0.6 is 0 Å². The minimum absolute atomic E-state index is 0.0149. The third kappa shape index (κ3) is 4.39. The van der Waals surface area contributed by atoms with Crippen molar-refractivity contribution in [3.63, 3.8) is 0 Å². The second-order valence-corrected chi connectivity index (χ2v) is 4.33. The molecule has 0 saturated heterocycles. The van der Waals surface area contributed by atoms with Gasteiger partial charge in [0.15, 0.2) is 0 Å². The van der Waals surface area contributed by atoms with Gasteiger partial charge in [0.05, 0.1) is 11.8 Å². The lowest BCUT2D eigenvalue weighted by Gasteiger charge is -2.16. The van der Waals surface area contributed by atoms with Crippen LogP contribution in [-0.2, 0) is 0 Å². The maximum Gasteiger partial charge on any atom is 0.387 e. The molecule has 2 N–H and O–H groups in total. The molecule has 0 aliphatic carbocycles. The summed E-state index contributed by atoms with van der Waals surface area (Å²) in [6.45, 7) is -2.89. The molecule has 1 atom stereocenters. The average molecular weight is 297 g/mol. The zero-order chi connectivity index (χ0) is 15.2. The van der Waals surface area contributed by atoms with E-state index in [1.54, 1.807) is 24.3 Å². The lowest BCUT2D eigenvalue weighted by atomic mass is 10.1. The van der Waals surface area contributed by atoms with E-state index in [0.717, 1.165) is 0 Å². The van der Waals surface area contributed by atoms with Crippen LogP contribution in [0.1, 0.15) is 11.7 Å². The molecule has 0 aliphatic heterocycles. The van der Waals surface area contributed by atoms with Crippen molar-refractivity contribution in [1.82, 2.24) is 0 Å². The van der Waals surface area contributed by atoms with E-state index in [-0.39, 0.29) is 12.3 Å². The number of para-hydroxylation sites is 2. The number of aliphatic hydroxyl groups is 1. The van der Waals surface area contributed by atoms with Crippen molar-refractivity contribution in [3.8, 4) is 5.75 Å². The molecule has 6 heteroatoms. The minimum atomic E-state index is -2.93. The maximum atomic E-state index is 13.1. The smallest absolute Gasteiger partial charge is 0.387 e. The normalized spacial score (nSPS) is 12.2. The first-order valence-electron chi connectivity index (χ1n) is 6.27. The SMILES string of the molecule is OC(CNc1ccccc1OC(F)F)c1cccc(F)c1. The van der Waals surface area contributed by atoms with Crippen LogP contribution in [0.5, 0.6) is 5.75 Å². The predicted octanol–water partition coefficient (Wildman–Crippen LogP) is 3.57. The van der Waals surface area contributed by atoms with Crippen LogP contribution in [0.4, 0.5) is 18.9 Å². The van der Waals surface area contributed by atoms with Crippen LogP contribution in [0, 0.1) is 5.82 Å². The van der Waals surface area contributed by atoms with E-state index in [1.807, 2.05) is 0 Å². The van der Waals surface area contributed by atoms with Gasteiger partial charge in [-0.2, -0.15) is 8.78 Å². The summed E-state index contributed by atoms with van der Waals surface area (Å²) in [5, 5.41) is 12.8. The highest BCUT2D eigenvalue weighted by molar-refractivity contribution is 5.56. The molecule has 0 bridgehead atoms. The number of benzene rings is 2. The number of aliphatic hydroxyl groups excluding tert-OH is 1. The van der Waals surface area contributed by atoms with E-state index in [9.17, 15) is 18.3 Å². The Hall–Kier alpha value is -2.21. The van der Waals surface area contributed by atoms with Crippen molar-refractivity contribution in [1.29, 1.82) is 0 Å². The highest BCUT2D eigenvalue weighted by Crippen LogP contribution is 2.26. The van der Waals surface area contributed by atoms with Crippen LogP contribution in [0.2, 0.25) is 0 Å². The molecule has 0 fully saturated rings. The Kier molecular flexibility index (Phi) is 5.05. The first-order chi connectivity index (χ1) is 10.1. The van der Waals surface area contributed by atoms with Crippen LogP contribution in [0.25, 0.3) is 0 Å². The summed E-state index contributed by atoms with van der Waals surface area (Å²) in [7, 11) is 0. The second kappa shape index (κ2) is 6.99. The van der Waals surface area contributed by atoms with Gasteiger partial charge in [-0.3, -0.25) is 0 Å². The summed E-state index contributed by atoms with van der Waals surface area (Å²) >= 11 is 0.